The van der Waals surface area contributed by atoms with Crippen LogP contribution in [0, 0.1) is 11.8 Å². The van der Waals surface area contributed by atoms with Crippen molar-refractivity contribution in [1.82, 2.24) is 19.7 Å². The first-order valence-electron chi connectivity index (χ1n) is 10.1. The molecule has 0 saturated carbocycles. The highest BCUT2D eigenvalue weighted by molar-refractivity contribution is 7.99. The molecule has 1 aliphatic carbocycles. The first-order chi connectivity index (χ1) is 13.6. The molecule has 6 heteroatoms. The van der Waals surface area contributed by atoms with Gasteiger partial charge in [-0.15, -0.1) is 10.2 Å². The predicted octanol–water partition coefficient (Wildman–Crippen LogP) is 4.81. The third-order valence-electron chi connectivity index (χ3n) is 4.92. The van der Waals surface area contributed by atoms with E-state index in [4.69, 9.17) is 4.74 Å². The lowest BCUT2D eigenvalue weighted by atomic mass is 9.94. The maximum Gasteiger partial charge on any atom is 0.195 e. The number of nitrogens with zero attached hydrogens (tertiary/aromatic N) is 4. The van der Waals surface area contributed by atoms with Gasteiger partial charge in [-0.2, -0.15) is 0 Å². The van der Waals surface area contributed by atoms with Gasteiger partial charge in [0.2, 0.25) is 0 Å². The minimum atomic E-state index is 0.603. The maximum absolute atomic E-state index is 5.43. The van der Waals surface area contributed by atoms with E-state index in [0.717, 1.165) is 47.2 Å². The fourth-order valence-electron chi connectivity index (χ4n) is 3.52. The second kappa shape index (κ2) is 10.1. The molecule has 3 rings (SSSR count). The average Bonchev–Trinajstić information content (AvgIpc) is 3.09. The Morgan fingerprint density at radius 1 is 1.29 bits per heavy atom. The molecule has 0 saturated heterocycles. The van der Waals surface area contributed by atoms with E-state index in [1.807, 2.05) is 12.1 Å². The molecule has 28 heavy (non-hydrogen) atoms. The van der Waals surface area contributed by atoms with Crippen LogP contribution in [0.3, 0.4) is 0 Å². The van der Waals surface area contributed by atoms with Crippen LogP contribution < -0.4 is 4.74 Å². The monoisotopic (exact) mass is 400 g/mol. The Morgan fingerprint density at radius 2 is 2.14 bits per heavy atom. The van der Waals surface area contributed by atoms with E-state index in [-0.39, 0.29) is 0 Å². The number of rotatable bonds is 9. The van der Waals surface area contributed by atoms with Gasteiger partial charge in [-0.05, 0) is 50.3 Å². The van der Waals surface area contributed by atoms with E-state index in [0.29, 0.717) is 5.92 Å². The highest BCUT2D eigenvalue weighted by Gasteiger charge is 2.19. The number of hydrogen-bond acceptors (Lipinski definition) is 5. The number of aromatic nitrogens is 3. The first-order valence-corrected chi connectivity index (χ1v) is 11.1. The molecule has 2 aromatic rings. The molecule has 5 nitrogen and oxygen atoms in total. The van der Waals surface area contributed by atoms with Crippen LogP contribution >= 0.6 is 11.8 Å². The lowest BCUT2D eigenvalue weighted by Gasteiger charge is -2.24. The Kier molecular flexibility index (Phi) is 7.57. The zero-order chi connectivity index (χ0) is 19.9. The first kappa shape index (κ1) is 20.9. The van der Waals surface area contributed by atoms with E-state index in [9.17, 15) is 0 Å². The summed E-state index contributed by atoms with van der Waals surface area (Å²) < 4.78 is 7.62. The number of allylic oxidation sites excluding steroid dienone is 2. The van der Waals surface area contributed by atoms with Crippen molar-refractivity contribution in [2.45, 2.75) is 44.8 Å². The van der Waals surface area contributed by atoms with E-state index >= 15 is 0 Å². The smallest absolute Gasteiger partial charge is 0.195 e. The van der Waals surface area contributed by atoms with Crippen LogP contribution in [0.4, 0.5) is 0 Å². The minimum Gasteiger partial charge on any atom is -0.497 e. The van der Waals surface area contributed by atoms with Gasteiger partial charge in [-0.25, -0.2) is 0 Å². The third-order valence-corrected chi connectivity index (χ3v) is 6.27. The molecule has 0 amide bonds. The van der Waals surface area contributed by atoms with E-state index in [1.54, 1.807) is 18.9 Å². The second-order valence-corrected chi connectivity index (χ2v) is 8.97. The van der Waals surface area contributed by atoms with Gasteiger partial charge in [-0.3, -0.25) is 9.47 Å². The Bertz CT molecular complexity index is 787. The second-order valence-electron chi connectivity index (χ2n) is 7.99. The van der Waals surface area contributed by atoms with Gasteiger partial charge in [0.25, 0.3) is 0 Å². The number of thioether (sulfide) groups is 1. The van der Waals surface area contributed by atoms with E-state index < -0.39 is 0 Å². The molecule has 0 bridgehead atoms. The molecule has 0 radical (unpaired) electrons. The van der Waals surface area contributed by atoms with Crippen LogP contribution in [-0.4, -0.2) is 46.1 Å². The van der Waals surface area contributed by atoms with Crippen molar-refractivity contribution in [2.24, 2.45) is 11.8 Å². The fraction of sp³-hybridized carbons (Fsp3) is 0.545. The number of benzene rings is 1. The standard InChI is InChI=1S/C22H32N4OS/c1-17(2)16-28-22-24-23-21(15-25(3)14-18-9-6-5-7-10-18)26(22)19-11-8-12-20(13-19)27-4/h5-6,8,11-13,17-18H,7,9-10,14-16H2,1-4H3/t18-/m0/s1. The van der Waals surface area contributed by atoms with Gasteiger partial charge in [-0.1, -0.05) is 43.8 Å². The largest absolute Gasteiger partial charge is 0.497 e. The summed E-state index contributed by atoms with van der Waals surface area (Å²) in [6, 6.07) is 8.14. The molecular weight excluding hydrogens is 368 g/mol. The summed E-state index contributed by atoms with van der Waals surface area (Å²) in [6.45, 7) is 6.33. The van der Waals surface area contributed by atoms with Crippen molar-refractivity contribution in [2.75, 3.05) is 26.5 Å². The zero-order valence-electron chi connectivity index (χ0n) is 17.5. The quantitative estimate of drug-likeness (QED) is 0.446. The summed E-state index contributed by atoms with van der Waals surface area (Å²) in [5.41, 5.74) is 1.06. The van der Waals surface area contributed by atoms with Crippen LogP contribution in [0.5, 0.6) is 5.75 Å². The van der Waals surface area contributed by atoms with Gasteiger partial charge in [0.15, 0.2) is 11.0 Å². The van der Waals surface area contributed by atoms with Crippen molar-refractivity contribution in [3.05, 3.63) is 42.2 Å². The molecule has 0 aliphatic heterocycles. The van der Waals surface area contributed by atoms with Crippen molar-refractivity contribution in [1.29, 1.82) is 0 Å². The SMILES string of the molecule is COc1cccc(-n2c(CN(C)C[C@H]3CC=CCC3)nnc2SCC(C)C)c1. The lowest BCUT2D eigenvalue weighted by molar-refractivity contribution is 0.252. The minimum absolute atomic E-state index is 0.603. The number of methoxy groups -OCH3 is 1. The molecule has 152 valence electrons. The van der Waals surface area contributed by atoms with E-state index in [2.05, 4.69) is 64.8 Å². The molecule has 0 fully saturated rings. The van der Waals surface area contributed by atoms with Crippen LogP contribution in [0.25, 0.3) is 5.69 Å². The van der Waals surface area contributed by atoms with Crippen LogP contribution in [-0.2, 0) is 6.54 Å². The fourth-order valence-corrected chi connectivity index (χ4v) is 4.44. The Labute approximate surface area is 173 Å². The molecule has 1 aromatic heterocycles. The Morgan fingerprint density at radius 3 is 2.86 bits per heavy atom. The normalized spacial score (nSPS) is 16.9. The maximum atomic E-state index is 5.43. The van der Waals surface area contributed by atoms with Crippen molar-refractivity contribution in [3.8, 4) is 11.4 Å². The van der Waals surface area contributed by atoms with Crippen LogP contribution in [0.1, 0.15) is 38.9 Å². The van der Waals surface area contributed by atoms with Crippen molar-refractivity contribution < 1.29 is 4.74 Å². The van der Waals surface area contributed by atoms with E-state index in [1.165, 1.54) is 19.3 Å². The van der Waals surface area contributed by atoms with Gasteiger partial charge in [0, 0.05) is 18.4 Å². The highest BCUT2D eigenvalue weighted by atomic mass is 32.2. The molecule has 1 heterocycles. The van der Waals surface area contributed by atoms with Crippen molar-refractivity contribution in [3.63, 3.8) is 0 Å². The van der Waals surface area contributed by atoms with Gasteiger partial charge < -0.3 is 4.74 Å². The molecule has 1 atom stereocenters. The molecule has 0 spiro atoms. The highest BCUT2D eigenvalue weighted by Crippen LogP contribution is 2.27. The summed E-state index contributed by atoms with van der Waals surface area (Å²) in [4.78, 5) is 2.38. The summed E-state index contributed by atoms with van der Waals surface area (Å²) in [5.74, 6) is 4.18. The number of hydrogen-bond donors (Lipinski definition) is 0. The summed E-state index contributed by atoms with van der Waals surface area (Å²) in [7, 11) is 3.89. The van der Waals surface area contributed by atoms with Gasteiger partial charge in [0.05, 0.1) is 19.3 Å². The number of ether oxygens (including phenoxy) is 1. The summed E-state index contributed by atoms with van der Waals surface area (Å²) in [6.07, 6.45) is 8.28. The van der Waals surface area contributed by atoms with Crippen LogP contribution in [0.2, 0.25) is 0 Å². The zero-order valence-corrected chi connectivity index (χ0v) is 18.3. The molecule has 0 unspecified atom stereocenters. The lowest BCUT2D eigenvalue weighted by Crippen LogP contribution is -2.27. The topological polar surface area (TPSA) is 43.2 Å². The van der Waals surface area contributed by atoms with Crippen molar-refractivity contribution >= 4 is 11.8 Å². The predicted molar refractivity (Wildman–Crippen MR) is 116 cm³/mol. The Balaban J connectivity index is 1.81. The van der Waals surface area contributed by atoms with Crippen LogP contribution in [0.15, 0.2) is 41.6 Å². The Hall–Kier alpha value is -1.79. The summed E-state index contributed by atoms with van der Waals surface area (Å²) >= 11 is 1.77. The van der Waals surface area contributed by atoms with Gasteiger partial charge in [0.1, 0.15) is 5.75 Å². The average molecular weight is 401 g/mol. The summed E-state index contributed by atoms with van der Waals surface area (Å²) in [5, 5.41) is 10.0. The molecule has 0 N–H and O–H groups in total. The molecule has 1 aromatic carbocycles. The molecular formula is C22H32N4OS. The third kappa shape index (κ3) is 5.61. The molecule has 1 aliphatic rings. The van der Waals surface area contributed by atoms with Gasteiger partial charge >= 0.3 is 0 Å².